The minimum atomic E-state index is -0.539. The quantitative estimate of drug-likeness (QED) is 0.218. The molecule has 0 saturated heterocycles. The first-order valence-corrected chi connectivity index (χ1v) is 11.2. The van der Waals surface area contributed by atoms with Crippen molar-refractivity contribution in [3.8, 4) is 5.75 Å². The first-order chi connectivity index (χ1) is 14.5. The number of aromatic amines is 1. The highest BCUT2D eigenvalue weighted by atomic mass is 32.2. The molecule has 0 atom stereocenters. The fraction of sp³-hybridized carbons (Fsp3) is 0.455. The average molecular weight is 430 g/mol. The van der Waals surface area contributed by atoms with Crippen molar-refractivity contribution >= 4 is 23.5 Å². The summed E-state index contributed by atoms with van der Waals surface area (Å²) in [6.07, 6.45) is 6.97. The van der Waals surface area contributed by atoms with Crippen molar-refractivity contribution in [1.82, 2.24) is 9.97 Å². The molecule has 0 bridgehead atoms. The summed E-state index contributed by atoms with van der Waals surface area (Å²) in [6, 6.07) is 6.31. The van der Waals surface area contributed by atoms with Crippen LogP contribution in [-0.2, 0) is 11.2 Å². The van der Waals surface area contributed by atoms with Gasteiger partial charge in [-0.25, -0.2) is 4.98 Å². The van der Waals surface area contributed by atoms with Gasteiger partial charge in [0.25, 0.3) is 5.56 Å². The van der Waals surface area contributed by atoms with Gasteiger partial charge in [0.1, 0.15) is 5.75 Å². The van der Waals surface area contributed by atoms with Gasteiger partial charge in [0.2, 0.25) is 0 Å². The van der Waals surface area contributed by atoms with Crippen molar-refractivity contribution in [2.45, 2.75) is 50.6 Å². The summed E-state index contributed by atoms with van der Waals surface area (Å²) in [7, 11) is 0. The van der Waals surface area contributed by atoms with Crippen molar-refractivity contribution in [1.29, 1.82) is 0 Å². The number of ether oxygens (including phenoxy) is 1. The minimum absolute atomic E-state index is 0.103. The Labute approximate surface area is 179 Å². The van der Waals surface area contributed by atoms with Crippen molar-refractivity contribution in [3.63, 3.8) is 0 Å². The monoisotopic (exact) mass is 429 g/mol. The van der Waals surface area contributed by atoms with Crippen LogP contribution in [0.15, 0.2) is 34.2 Å². The van der Waals surface area contributed by atoms with Gasteiger partial charge in [0.05, 0.1) is 18.0 Å². The van der Waals surface area contributed by atoms with Gasteiger partial charge in [0, 0.05) is 11.1 Å². The van der Waals surface area contributed by atoms with Gasteiger partial charge < -0.3 is 15.5 Å². The van der Waals surface area contributed by atoms with Gasteiger partial charge in [-0.2, -0.15) is 0 Å². The zero-order valence-electron chi connectivity index (χ0n) is 17.1. The highest BCUT2D eigenvalue weighted by molar-refractivity contribution is 7.99. The molecule has 30 heavy (non-hydrogen) atoms. The Bertz CT molecular complexity index is 950. The molecule has 0 aliphatic heterocycles. The number of Topliss-reactive ketones (excluding diaryl/α,β-unsaturated/α-hetero) is 1. The van der Waals surface area contributed by atoms with Gasteiger partial charge in [-0.1, -0.05) is 43.9 Å². The number of benzene rings is 1. The van der Waals surface area contributed by atoms with Crippen LogP contribution in [0.3, 0.4) is 0 Å². The molecule has 1 fully saturated rings. The van der Waals surface area contributed by atoms with Crippen LogP contribution < -0.4 is 16.0 Å². The lowest BCUT2D eigenvalue weighted by Gasteiger charge is -2.21. The van der Waals surface area contributed by atoms with E-state index in [0.717, 1.165) is 12.1 Å². The third kappa shape index (κ3) is 6.03. The first kappa shape index (κ1) is 22.2. The van der Waals surface area contributed by atoms with E-state index in [9.17, 15) is 14.4 Å². The van der Waals surface area contributed by atoms with E-state index in [-0.39, 0.29) is 23.6 Å². The van der Waals surface area contributed by atoms with Crippen LogP contribution in [-0.4, -0.2) is 34.0 Å². The van der Waals surface area contributed by atoms with Crippen molar-refractivity contribution in [2.24, 2.45) is 11.7 Å². The molecule has 0 radical (unpaired) electrons. The number of rotatable bonds is 8. The van der Waals surface area contributed by atoms with Crippen molar-refractivity contribution < 1.29 is 14.3 Å². The normalized spacial score (nSPS) is 14.5. The lowest BCUT2D eigenvalue weighted by molar-refractivity contribution is -0.132. The Morgan fingerprint density at radius 1 is 1.20 bits per heavy atom. The molecule has 1 aromatic carbocycles. The van der Waals surface area contributed by atoms with Crippen molar-refractivity contribution in [2.75, 3.05) is 12.3 Å². The summed E-state index contributed by atoms with van der Waals surface area (Å²) in [6.45, 7) is 1.60. The lowest BCUT2D eigenvalue weighted by Crippen LogP contribution is -2.19. The number of ketones is 1. The standard InChI is InChI=1S/C22H27N3O4S/c1-14-18(11-15-5-3-2-4-6-15)24-22(25-21(14)28)30-13-19(26)16-7-9-17(10-8-16)29-20(27)12-23/h7-10,15H,2-6,11-13,23H2,1H3,(H,24,25,28). The van der Waals surface area contributed by atoms with E-state index in [4.69, 9.17) is 10.5 Å². The topological polar surface area (TPSA) is 115 Å². The molecule has 0 unspecified atom stereocenters. The van der Waals surface area contributed by atoms with E-state index in [0.29, 0.717) is 28.0 Å². The summed E-state index contributed by atoms with van der Waals surface area (Å²) in [5.41, 5.74) is 7.07. The van der Waals surface area contributed by atoms with Crippen LogP contribution >= 0.6 is 11.8 Å². The third-order valence-corrected chi connectivity index (χ3v) is 6.23. The molecule has 160 valence electrons. The summed E-state index contributed by atoms with van der Waals surface area (Å²) < 4.78 is 5.00. The Kier molecular flexibility index (Phi) is 7.81. The van der Waals surface area contributed by atoms with Crippen LogP contribution in [0, 0.1) is 12.8 Å². The fourth-order valence-electron chi connectivity index (χ4n) is 3.59. The molecular formula is C22H27N3O4S. The number of aromatic nitrogens is 2. The van der Waals surface area contributed by atoms with Crippen molar-refractivity contribution in [3.05, 3.63) is 51.4 Å². The van der Waals surface area contributed by atoms with Crippen LogP contribution in [0.25, 0.3) is 0 Å². The SMILES string of the molecule is Cc1c(CC2CCCCC2)nc(SCC(=O)c2ccc(OC(=O)CN)cc2)[nH]c1=O. The zero-order chi connectivity index (χ0) is 21.5. The van der Waals surface area contributed by atoms with Crippen LogP contribution in [0.5, 0.6) is 5.75 Å². The molecule has 0 amide bonds. The number of nitrogens with zero attached hydrogens (tertiary/aromatic N) is 1. The number of hydrogen-bond donors (Lipinski definition) is 2. The maximum absolute atomic E-state index is 12.5. The first-order valence-electron chi connectivity index (χ1n) is 10.2. The van der Waals surface area contributed by atoms with Crippen LogP contribution in [0.1, 0.15) is 53.7 Å². The average Bonchev–Trinajstić information content (AvgIpc) is 2.76. The number of nitrogens with two attached hydrogens (primary N) is 1. The van der Waals surface area contributed by atoms with Crippen LogP contribution in [0.4, 0.5) is 0 Å². The number of carbonyl (C=O) groups is 2. The Hall–Kier alpha value is -2.45. The number of esters is 1. The van der Waals surface area contributed by atoms with E-state index in [1.54, 1.807) is 24.3 Å². The maximum Gasteiger partial charge on any atom is 0.325 e. The van der Waals surface area contributed by atoms with E-state index >= 15 is 0 Å². The smallest absolute Gasteiger partial charge is 0.325 e. The van der Waals surface area contributed by atoms with E-state index < -0.39 is 5.97 Å². The Morgan fingerprint density at radius 3 is 2.57 bits per heavy atom. The van der Waals surface area contributed by atoms with Gasteiger partial charge in [-0.3, -0.25) is 14.4 Å². The molecule has 1 aromatic heterocycles. The molecule has 3 rings (SSSR count). The highest BCUT2D eigenvalue weighted by Gasteiger charge is 2.18. The molecule has 2 aromatic rings. The number of nitrogens with one attached hydrogen (secondary N) is 1. The molecule has 0 spiro atoms. The number of hydrogen-bond acceptors (Lipinski definition) is 7. The third-order valence-electron chi connectivity index (χ3n) is 5.35. The molecule has 1 saturated carbocycles. The fourth-order valence-corrected chi connectivity index (χ4v) is 4.36. The Balaban J connectivity index is 1.62. The lowest BCUT2D eigenvalue weighted by atomic mass is 9.85. The second-order valence-corrected chi connectivity index (χ2v) is 8.53. The van der Waals surface area contributed by atoms with E-state index in [1.807, 2.05) is 6.92 Å². The summed E-state index contributed by atoms with van der Waals surface area (Å²) >= 11 is 1.22. The summed E-state index contributed by atoms with van der Waals surface area (Å²) in [5.74, 6) is 0.429. The number of carbonyl (C=O) groups excluding carboxylic acids is 2. The Morgan fingerprint density at radius 2 is 1.90 bits per heavy atom. The van der Waals surface area contributed by atoms with E-state index in [2.05, 4.69) is 9.97 Å². The predicted molar refractivity (Wildman–Crippen MR) is 116 cm³/mol. The minimum Gasteiger partial charge on any atom is -0.426 e. The maximum atomic E-state index is 12.5. The molecule has 1 aliphatic rings. The molecule has 1 heterocycles. The van der Waals surface area contributed by atoms with Gasteiger partial charge in [-0.05, 0) is 43.5 Å². The van der Waals surface area contributed by atoms with Crippen LogP contribution in [0.2, 0.25) is 0 Å². The summed E-state index contributed by atoms with van der Waals surface area (Å²) in [5, 5.41) is 0.471. The number of H-pyrrole nitrogens is 1. The summed E-state index contributed by atoms with van der Waals surface area (Å²) in [4.78, 5) is 43.4. The zero-order valence-corrected chi connectivity index (χ0v) is 17.9. The van der Waals surface area contributed by atoms with E-state index in [1.165, 1.54) is 43.9 Å². The molecule has 7 nitrogen and oxygen atoms in total. The molecular weight excluding hydrogens is 402 g/mol. The van der Waals surface area contributed by atoms with Gasteiger partial charge in [0.15, 0.2) is 10.9 Å². The second kappa shape index (κ2) is 10.5. The van der Waals surface area contributed by atoms with Gasteiger partial charge >= 0.3 is 5.97 Å². The molecule has 8 heteroatoms. The predicted octanol–water partition coefficient (Wildman–Crippen LogP) is 3.04. The molecule has 3 N–H and O–H groups in total. The van der Waals surface area contributed by atoms with Gasteiger partial charge in [-0.15, -0.1) is 0 Å². The highest BCUT2D eigenvalue weighted by Crippen LogP contribution is 2.27. The second-order valence-electron chi connectivity index (χ2n) is 7.57. The number of thioether (sulfide) groups is 1. The molecule has 1 aliphatic carbocycles. The largest absolute Gasteiger partial charge is 0.426 e.